The number of nitrogens with zero attached hydrogens (tertiary/aromatic N) is 1. The van der Waals surface area contributed by atoms with Gasteiger partial charge in [0.1, 0.15) is 0 Å². The summed E-state index contributed by atoms with van der Waals surface area (Å²) in [6.07, 6.45) is 3.05. The Bertz CT molecular complexity index is 604. The molecule has 0 saturated carbocycles. The van der Waals surface area contributed by atoms with Crippen molar-refractivity contribution < 1.29 is 4.74 Å². The molecule has 0 atom stereocenters. The number of aromatic nitrogens is 1. The van der Waals surface area contributed by atoms with Crippen LogP contribution in [-0.4, -0.2) is 24.8 Å². The van der Waals surface area contributed by atoms with E-state index in [-0.39, 0.29) is 0 Å². The number of rotatable bonds is 7. The molecule has 0 spiro atoms. The van der Waals surface area contributed by atoms with Crippen LogP contribution in [0.4, 0.5) is 0 Å². The van der Waals surface area contributed by atoms with E-state index in [1.54, 1.807) is 7.11 Å². The number of methoxy groups -OCH3 is 1. The third-order valence-electron chi connectivity index (χ3n) is 3.36. The summed E-state index contributed by atoms with van der Waals surface area (Å²) in [6.45, 7) is 5.33. The fourth-order valence-corrected chi connectivity index (χ4v) is 2.33. The smallest absolute Gasteiger partial charge is 0.0587 e. The molecule has 1 aromatic heterocycles. The first kappa shape index (κ1) is 14.6. The van der Waals surface area contributed by atoms with Gasteiger partial charge in [0.2, 0.25) is 0 Å². The zero-order chi connectivity index (χ0) is 14.2. The fraction of sp³-hybridized carbons (Fsp3) is 0.412. The van der Waals surface area contributed by atoms with Gasteiger partial charge in [-0.2, -0.15) is 0 Å². The molecule has 20 heavy (non-hydrogen) atoms. The Morgan fingerprint density at radius 3 is 3.00 bits per heavy atom. The van der Waals surface area contributed by atoms with E-state index in [4.69, 9.17) is 4.74 Å². The molecule has 1 N–H and O–H groups in total. The molecule has 0 unspecified atom stereocenters. The summed E-state index contributed by atoms with van der Waals surface area (Å²) in [5.74, 6) is 6.06. The minimum atomic E-state index is 0.743. The second-order valence-corrected chi connectivity index (χ2v) is 4.71. The van der Waals surface area contributed by atoms with Crippen molar-refractivity contribution in [3.63, 3.8) is 0 Å². The Hall–Kier alpha value is -1.76. The molecule has 0 aliphatic carbocycles. The van der Waals surface area contributed by atoms with Crippen molar-refractivity contribution in [2.75, 3.05) is 20.3 Å². The molecule has 3 nitrogen and oxygen atoms in total. The number of fused-ring (bicyclic) bond motifs is 1. The van der Waals surface area contributed by atoms with Gasteiger partial charge in [0.15, 0.2) is 0 Å². The quantitative estimate of drug-likeness (QED) is 0.618. The number of hydrogen-bond donors (Lipinski definition) is 1. The Labute approximate surface area is 120 Å². The highest BCUT2D eigenvalue weighted by atomic mass is 16.5. The standard InChI is InChI=1S/C17H22N2O/c1-3-4-5-11-19-12-9-16-15(7-6-8-17(16)19)14-18-10-13-20-2/h6-9,12,18H,5,10-11,13-14H2,1-2H3. The van der Waals surface area contributed by atoms with Crippen molar-refractivity contribution in [1.29, 1.82) is 0 Å². The van der Waals surface area contributed by atoms with E-state index in [2.05, 4.69) is 52.2 Å². The Morgan fingerprint density at radius 2 is 2.20 bits per heavy atom. The van der Waals surface area contributed by atoms with Crippen LogP contribution in [0.5, 0.6) is 0 Å². The van der Waals surface area contributed by atoms with Crippen molar-refractivity contribution in [1.82, 2.24) is 9.88 Å². The summed E-state index contributed by atoms with van der Waals surface area (Å²) in [7, 11) is 1.72. The van der Waals surface area contributed by atoms with E-state index < -0.39 is 0 Å². The highest BCUT2D eigenvalue weighted by molar-refractivity contribution is 5.83. The second-order valence-electron chi connectivity index (χ2n) is 4.71. The third-order valence-corrected chi connectivity index (χ3v) is 3.36. The second kappa shape index (κ2) is 7.74. The zero-order valence-corrected chi connectivity index (χ0v) is 12.3. The molecule has 0 aliphatic rings. The summed E-state index contributed by atoms with van der Waals surface area (Å²) >= 11 is 0. The predicted octanol–water partition coefficient (Wildman–Crippen LogP) is 2.79. The monoisotopic (exact) mass is 270 g/mol. The lowest BCUT2D eigenvalue weighted by atomic mass is 10.1. The van der Waals surface area contributed by atoms with Gasteiger partial charge < -0.3 is 14.6 Å². The zero-order valence-electron chi connectivity index (χ0n) is 12.3. The van der Waals surface area contributed by atoms with E-state index in [0.29, 0.717) is 0 Å². The predicted molar refractivity (Wildman–Crippen MR) is 83.6 cm³/mol. The van der Waals surface area contributed by atoms with Crippen LogP contribution in [0.2, 0.25) is 0 Å². The number of nitrogens with one attached hydrogen (secondary N) is 1. The maximum absolute atomic E-state index is 5.05. The van der Waals surface area contributed by atoms with Crippen LogP contribution in [0.3, 0.4) is 0 Å². The largest absolute Gasteiger partial charge is 0.383 e. The van der Waals surface area contributed by atoms with Gasteiger partial charge in [0, 0.05) is 50.3 Å². The van der Waals surface area contributed by atoms with Crippen LogP contribution >= 0.6 is 0 Å². The molecule has 0 radical (unpaired) electrons. The van der Waals surface area contributed by atoms with Crippen LogP contribution in [0, 0.1) is 11.8 Å². The van der Waals surface area contributed by atoms with Crippen molar-refractivity contribution in [3.05, 3.63) is 36.0 Å². The summed E-state index contributed by atoms with van der Waals surface area (Å²) in [6, 6.07) is 8.67. The first-order valence-electron chi connectivity index (χ1n) is 7.03. The molecule has 1 heterocycles. The lowest BCUT2D eigenvalue weighted by Gasteiger charge is -2.07. The molecule has 0 saturated heterocycles. The summed E-state index contributed by atoms with van der Waals surface area (Å²) in [5, 5.41) is 4.72. The lowest BCUT2D eigenvalue weighted by molar-refractivity contribution is 0.199. The van der Waals surface area contributed by atoms with Gasteiger partial charge in [-0.15, -0.1) is 11.8 Å². The van der Waals surface area contributed by atoms with Gasteiger partial charge in [-0.25, -0.2) is 0 Å². The highest BCUT2D eigenvalue weighted by Crippen LogP contribution is 2.20. The van der Waals surface area contributed by atoms with Gasteiger partial charge in [0.05, 0.1) is 6.61 Å². The minimum Gasteiger partial charge on any atom is -0.383 e. The maximum Gasteiger partial charge on any atom is 0.0587 e. The molecule has 0 aliphatic heterocycles. The van der Waals surface area contributed by atoms with E-state index >= 15 is 0 Å². The van der Waals surface area contributed by atoms with Crippen LogP contribution in [-0.2, 0) is 17.8 Å². The van der Waals surface area contributed by atoms with E-state index in [1.165, 1.54) is 16.5 Å². The van der Waals surface area contributed by atoms with Crippen molar-refractivity contribution in [2.24, 2.45) is 0 Å². The normalized spacial score (nSPS) is 10.5. The van der Waals surface area contributed by atoms with Gasteiger partial charge in [0.25, 0.3) is 0 Å². The first-order chi connectivity index (χ1) is 9.86. The number of ether oxygens (including phenoxy) is 1. The number of benzene rings is 1. The van der Waals surface area contributed by atoms with Crippen LogP contribution in [0.15, 0.2) is 30.5 Å². The molecule has 0 bridgehead atoms. The molecule has 0 amide bonds. The Kier molecular flexibility index (Phi) is 5.67. The average Bonchev–Trinajstić information content (AvgIpc) is 2.88. The number of aryl methyl sites for hydroxylation is 1. The van der Waals surface area contributed by atoms with Gasteiger partial charge in [-0.05, 0) is 24.6 Å². The SMILES string of the molecule is CC#CCCn1ccc2c(CNCCOC)cccc21. The summed E-state index contributed by atoms with van der Waals surface area (Å²) < 4.78 is 7.32. The summed E-state index contributed by atoms with van der Waals surface area (Å²) in [4.78, 5) is 0. The molecule has 2 aromatic rings. The molecule has 0 fully saturated rings. The van der Waals surface area contributed by atoms with Crippen molar-refractivity contribution >= 4 is 10.9 Å². The van der Waals surface area contributed by atoms with Gasteiger partial charge in [-0.3, -0.25) is 0 Å². The van der Waals surface area contributed by atoms with Crippen LogP contribution < -0.4 is 5.32 Å². The van der Waals surface area contributed by atoms with E-state index in [9.17, 15) is 0 Å². The molecular formula is C17H22N2O. The molecule has 1 aromatic carbocycles. The average molecular weight is 270 g/mol. The van der Waals surface area contributed by atoms with Crippen LogP contribution in [0.1, 0.15) is 18.9 Å². The van der Waals surface area contributed by atoms with E-state index in [1.807, 2.05) is 6.92 Å². The van der Waals surface area contributed by atoms with Gasteiger partial charge >= 0.3 is 0 Å². The Balaban J connectivity index is 2.10. The van der Waals surface area contributed by atoms with Crippen molar-refractivity contribution in [3.8, 4) is 11.8 Å². The van der Waals surface area contributed by atoms with E-state index in [0.717, 1.165) is 32.7 Å². The molecule has 2 rings (SSSR count). The minimum absolute atomic E-state index is 0.743. The van der Waals surface area contributed by atoms with Crippen LogP contribution in [0.25, 0.3) is 10.9 Å². The summed E-state index contributed by atoms with van der Waals surface area (Å²) in [5.41, 5.74) is 2.62. The fourth-order valence-electron chi connectivity index (χ4n) is 2.33. The van der Waals surface area contributed by atoms with Crippen molar-refractivity contribution in [2.45, 2.75) is 26.4 Å². The lowest BCUT2D eigenvalue weighted by Crippen LogP contribution is -2.18. The highest BCUT2D eigenvalue weighted by Gasteiger charge is 2.04. The maximum atomic E-state index is 5.05. The molecule has 106 valence electrons. The first-order valence-corrected chi connectivity index (χ1v) is 7.03. The molecular weight excluding hydrogens is 248 g/mol. The molecule has 3 heteroatoms. The number of hydrogen-bond acceptors (Lipinski definition) is 2. The third kappa shape index (κ3) is 3.63. The van der Waals surface area contributed by atoms with Gasteiger partial charge in [-0.1, -0.05) is 12.1 Å². The Morgan fingerprint density at radius 1 is 1.30 bits per heavy atom. The topological polar surface area (TPSA) is 26.2 Å².